The van der Waals surface area contributed by atoms with Crippen LogP contribution in [-0.2, 0) is 9.59 Å². The monoisotopic (exact) mass is 438 g/mol. The molecule has 1 saturated carbocycles. The van der Waals surface area contributed by atoms with Gasteiger partial charge in [0, 0.05) is 15.6 Å². The van der Waals surface area contributed by atoms with Gasteiger partial charge in [0.05, 0.1) is 5.69 Å². The molecule has 1 aromatic carbocycles. The summed E-state index contributed by atoms with van der Waals surface area (Å²) in [4.78, 5) is 24.1. The molecule has 1 heterocycles. The van der Waals surface area contributed by atoms with Gasteiger partial charge in [-0.3, -0.25) is 14.7 Å². The van der Waals surface area contributed by atoms with Crippen LogP contribution in [0.15, 0.2) is 30.3 Å². The number of aromatic amines is 1. The molecule has 0 spiro atoms. The summed E-state index contributed by atoms with van der Waals surface area (Å²) >= 11 is 2.25. The van der Waals surface area contributed by atoms with E-state index < -0.39 is 6.04 Å². The molecule has 1 aromatic heterocycles. The maximum absolute atomic E-state index is 12.2. The van der Waals surface area contributed by atoms with Crippen molar-refractivity contribution in [2.24, 2.45) is 5.92 Å². The van der Waals surface area contributed by atoms with Gasteiger partial charge in [-0.1, -0.05) is 18.6 Å². The number of nitrogens with one attached hydrogen (secondary N) is 3. The van der Waals surface area contributed by atoms with Crippen molar-refractivity contribution in [3.8, 4) is 11.3 Å². The van der Waals surface area contributed by atoms with Crippen molar-refractivity contribution in [3.05, 3.63) is 33.9 Å². The first kappa shape index (κ1) is 16.9. The summed E-state index contributed by atoms with van der Waals surface area (Å²) < 4.78 is 1.15. The standard InChI is InChI=1S/C17H19IN4O2/c1-10(19-17(24)12-3-2-4-12)16(23)20-15-9-14(21-22-15)11-5-7-13(18)8-6-11/h5-10,12H,2-4H2,1H3,(H,19,24)(H2,20,21,22,23). The van der Waals surface area contributed by atoms with E-state index >= 15 is 0 Å². The van der Waals surface area contributed by atoms with Gasteiger partial charge in [-0.05, 0) is 60.1 Å². The van der Waals surface area contributed by atoms with Crippen LogP contribution in [0.2, 0.25) is 0 Å². The van der Waals surface area contributed by atoms with Crippen LogP contribution in [0.4, 0.5) is 5.82 Å². The molecular weight excluding hydrogens is 419 g/mol. The highest BCUT2D eigenvalue weighted by Gasteiger charge is 2.27. The molecule has 2 aromatic rings. The predicted octanol–water partition coefficient (Wildman–Crippen LogP) is 2.92. The zero-order chi connectivity index (χ0) is 17.1. The highest BCUT2D eigenvalue weighted by atomic mass is 127. The smallest absolute Gasteiger partial charge is 0.247 e. The van der Waals surface area contributed by atoms with Crippen LogP contribution in [0.3, 0.4) is 0 Å². The lowest BCUT2D eigenvalue weighted by Gasteiger charge is -2.25. The quantitative estimate of drug-likeness (QED) is 0.628. The van der Waals surface area contributed by atoms with E-state index in [-0.39, 0.29) is 17.7 Å². The lowest BCUT2D eigenvalue weighted by atomic mass is 9.84. The van der Waals surface area contributed by atoms with Crippen molar-refractivity contribution >= 4 is 40.2 Å². The maximum Gasteiger partial charge on any atom is 0.247 e. The lowest BCUT2D eigenvalue weighted by Crippen LogP contribution is -2.45. The lowest BCUT2D eigenvalue weighted by molar-refractivity contribution is -0.130. The summed E-state index contributed by atoms with van der Waals surface area (Å²) in [5, 5.41) is 12.5. The van der Waals surface area contributed by atoms with Gasteiger partial charge in [-0.15, -0.1) is 0 Å². The Morgan fingerprint density at radius 2 is 2.00 bits per heavy atom. The van der Waals surface area contributed by atoms with Crippen LogP contribution in [0.25, 0.3) is 11.3 Å². The topological polar surface area (TPSA) is 86.9 Å². The molecular formula is C17H19IN4O2. The maximum atomic E-state index is 12.2. The molecule has 1 atom stereocenters. The second-order valence-corrected chi connectivity index (χ2v) is 7.27. The number of aromatic nitrogens is 2. The van der Waals surface area contributed by atoms with E-state index in [1.165, 1.54) is 0 Å². The third-order valence-electron chi connectivity index (χ3n) is 4.21. The molecule has 6 nitrogen and oxygen atoms in total. The van der Waals surface area contributed by atoms with Crippen molar-refractivity contribution in [2.45, 2.75) is 32.2 Å². The summed E-state index contributed by atoms with van der Waals surface area (Å²) in [5.74, 6) is 0.199. The number of halogens is 1. The van der Waals surface area contributed by atoms with Crippen molar-refractivity contribution in [3.63, 3.8) is 0 Å². The summed E-state index contributed by atoms with van der Waals surface area (Å²) in [5.41, 5.74) is 1.82. The zero-order valence-electron chi connectivity index (χ0n) is 13.3. The molecule has 24 heavy (non-hydrogen) atoms. The molecule has 1 fully saturated rings. The number of H-pyrrole nitrogens is 1. The predicted molar refractivity (Wildman–Crippen MR) is 100 cm³/mol. The molecule has 2 amide bonds. The van der Waals surface area contributed by atoms with Gasteiger partial charge < -0.3 is 10.6 Å². The van der Waals surface area contributed by atoms with E-state index in [0.717, 1.165) is 34.1 Å². The van der Waals surface area contributed by atoms with Crippen LogP contribution >= 0.6 is 22.6 Å². The van der Waals surface area contributed by atoms with E-state index in [2.05, 4.69) is 43.4 Å². The van der Waals surface area contributed by atoms with Crippen LogP contribution in [0.5, 0.6) is 0 Å². The number of benzene rings is 1. The second kappa shape index (κ2) is 7.33. The van der Waals surface area contributed by atoms with Crippen molar-refractivity contribution in [1.29, 1.82) is 0 Å². The SMILES string of the molecule is CC(NC(=O)C1CCC1)C(=O)Nc1cc(-c2ccc(I)cc2)[nH]n1. The van der Waals surface area contributed by atoms with E-state index in [9.17, 15) is 9.59 Å². The average molecular weight is 438 g/mol. The van der Waals surface area contributed by atoms with Crippen LogP contribution < -0.4 is 10.6 Å². The van der Waals surface area contributed by atoms with E-state index in [1.54, 1.807) is 13.0 Å². The van der Waals surface area contributed by atoms with Gasteiger partial charge in [0.25, 0.3) is 0 Å². The normalized spacial score (nSPS) is 15.4. The molecule has 0 radical (unpaired) electrons. The fourth-order valence-electron chi connectivity index (χ4n) is 2.46. The Kier molecular flexibility index (Phi) is 5.17. The third-order valence-corrected chi connectivity index (χ3v) is 4.93. The minimum atomic E-state index is -0.587. The first-order valence-corrected chi connectivity index (χ1v) is 9.03. The Labute approximate surface area is 153 Å². The Morgan fingerprint density at radius 3 is 2.62 bits per heavy atom. The molecule has 1 aliphatic rings. The first-order valence-electron chi connectivity index (χ1n) is 7.95. The number of hydrogen-bond donors (Lipinski definition) is 3. The first-order chi connectivity index (χ1) is 11.5. The van der Waals surface area contributed by atoms with Crippen LogP contribution in [0, 0.1) is 9.49 Å². The van der Waals surface area contributed by atoms with E-state index in [0.29, 0.717) is 5.82 Å². The Morgan fingerprint density at radius 1 is 1.29 bits per heavy atom. The van der Waals surface area contributed by atoms with Crippen molar-refractivity contribution in [1.82, 2.24) is 15.5 Å². The number of anilines is 1. The number of amides is 2. The highest BCUT2D eigenvalue weighted by molar-refractivity contribution is 14.1. The fraction of sp³-hybridized carbons (Fsp3) is 0.353. The third kappa shape index (κ3) is 3.95. The molecule has 0 bridgehead atoms. The summed E-state index contributed by atoms with van der Waals surface area (Å²) in [6.07, 6.45) is 2.92. The van der Waals surface area contributed by atoms with Gasteiger partial charge in [0.1, 0.15) is 6.04 Å². The zero-order valence-corrected chi connectivity index (χ0v) is 15.5. The Hall–Kier alpha value is -1.90. The van der Waals surface area contributed by atoms with Gasteiger partial charge in [-0.25, -0.2) is 0 Å². The molecule has 3 rings (SSSR count). The fourth-order valence-corrected chi connectivity index (χ4v) is 2.82. The van der Waals surface area contributed by atoms with Crippen molar-refractivity contribution < 1.29 is 9.59 Å². The van der Waals surface area contributed by atoms with Crippen LogP contribution in [0.1, 0.15) is 26.2 Å². The molecule has 126 valence electrons. The number of carbonyl (C=O) groups excluding carboxylic acids is 2. The molecule has 7 heteroatoms. The van der Waals surface area contributed by atoms with E-state index in [4.69, 9.17) is 0 Å². The van der Waals surface area contributed by atoms with Gasteiger partial charge in [0.2, 0.25) is 11.8 Å². The molecule has 0 saturated heterocycles. The number of nitrogens with zero attached hydrogens (tertiary/aromatic N) is 1. The largest absolute Gasteiger partial charge is 0.344 e. The number of rotatable bonds is 5. The number of hydrogen-bond acceptors (Lipinski definition) is 3. The summed E-state index contributed by atoms with van der Waals surface area (Å²) in [6.45, 7) is 1.68. The van der Waals surface area contributed by atoms with Crippen molar-refractivity contribution in [2.75, 3.05) is 5.32 Å². The minimum absolute atomic E-state index is 0.0366. The second-order valence-electron chi connectivity index (χ2n) is 6.02. The Bertz CT molecular complexity index is 737. The molecule has 0 aliphatic heterocycles. The summed E-state index contributed by atoms with van der Waals surface area (Å²) in [7, 11) is 0. The van der Waals surface area contributed by atoms with Gasteiger partial charge >= 0.3 is 0 Å². The highest BCUT2D eigenvalue weighted by Crippen LogP contribution is 2.26. The Balaban J connectivity index is 1.58. The molecule has 1 aliphatic carbocycles. The summed E-state index contributed by atoms with van der Waals surface area (Å²) in [6, 6.07) is 9.18. The molecule has 1 unspecified atom stereocenters. The van der Waals surface area contributed by atoms with Crippen LogP contribution in [-0.4, -0.2) is 28.1 Å². The average Bonchev–Trinajstić information content (AvgIpc) is 2.94. The minimum Gasteiger partial charge on any atom is -0.344 e. The van der Waals surface area contributed by atoms with Gasteiger partial charge in [-0.2, -0.15) is 5.10 Å². The number of carbonyl (C=O) groups is 2. The molecule has 3 N–H and O–H groups in total. The van der Waals surface area contributed by atoms with Gasteiger partial charge in [0.15, 0.2) is 5.82 Å². The van der Waals surface area contributed by atoms with E-state index in [1.807, 2.05) is 24.3 Å².